The normalized spacial score (nSPS) is 16.0. The molecule has 2 aromatic heterocycles. The van der Waals surface area contributed by atoms with E-state index in [4.69, 9.17) is 9.72 Å². The lowest BCUT2D eigenvalue weighted by molar-refractivity contribution is 0.0162. The number of pyridine rings is 1. The fraction of sp³-hybridized carbons (Fsp3) is 0.458. The molecule has 7 heteroatoms. The Morgan fingerprint density at radius 3 is 2.58 bits per heavy atom. The van der Waals surface area contributed by atoms with Gasteiger partial charge in [-0.25, -0.2) is 4.98 Å². The highest BCUT2D eigenvalue weighted by atomic mass is 16.5. The van der Waals surface area contributed by atoms with Crippen LogP contribution in [0.5, 0.6) is 0 Å². The fourth-order valence-corrected chi connectivity index (χ4v) is 4.25. The van der Waals surface area contributed by atoms with Crippen molar-refractivity contribution in [3.63, 3.8) is 0 Å². The number of carbonyl (C=O) groups is 1. The van der Waals surface area contributed by atoms with Crippen molar-refractivity contribution in [2.75, 3.05) is 32.8 Å². The maximum absolute atomic E-state index is 13.4. The third-order valence-corrected chi connectivity index (χ3v) is 5.95. The van der Waals surface area contributed by atoms with Crippen LogP contribution in [-0.2, 0) is 11.8 Å². The molecule has 1 unspecified atom stereocenters. The first-order valence-corrected chi connectivity index (χ1v) is 10.9. The van der Waals surface area contributed by atoms with Gasteiger partial charge in [-0.2, -0.15) is 5.10 Å². The largest absolute Gasteiger partial charge is 0.379 e. The highest BCUT2D eigenvalue weighted by Crippen LogP contribution is 2.26. The Bertz CT molecular complexity index is 1050. The number of ether oxygens (including phenoxy) is 1. The number of amides is 1. The van der Waals surface area contributed by atoms with E-state index in [9.17, 15) is 4.79 Å². The SMILES string of the molecule is Cc1nn(C)c2nc(C(C)C)cc(C(=O)NCC(c3ccccc3)N3CCOCC3)c12. The average molecular weight is 422 g/mol. The number of benzene rings is 1. The average Bonchev–Trinajstić information content (AvgIpc) is 3.08. The Kier molecular flexibility index (Phi) is 6.34. The van der Waals surface area contributed by atoms with Crippen molar-refractivity contribution in [1.82, 2.24) is 25.0 Å². The molecule has 0 bridgehead atoms. The minimum atomic E-state index is -0.0837. The third-order valence-electron chi connectivity index (χ3n) is 5.95. The zero-order valence-corrected chi connectivity index (χ0v) is 18.8. The molecule has 3 aromatic rings. The molecule has 0 saturated carbocycles. The number of nitrogens with zero attached hydrogens (tertiary/aromatic N) is 4. The highest BCUT2D eigenvalue weighted by Gasteiger charge is 2.25. The summed E-state index contributed by atoms with van der Waals surface area (Å²) in [7, 11) is 1.87. The standard InChI is InChI=1S/C24H31N5O2/c1-16(2)20-14-19(22-17(3)27-28(4)23(22)26-20)24(30)25-15-21(18-8-6-5-7-9-18)29-10-12-31-13-11-29/h5-9,14,16,21H,10-13,15H2,1-4H3,(H,25,30). The Morgan fingerprint density at radius 2 is 1.90 bits per heavy atom. The smallest absolute Gasteiger partial charge is 0.252 e. The molecule has 31 heavy (non-hydrogen) atoms. The van der Waals surface area contributed by atoms with Gasteiger partial charge in [-0.05, 0) is 24.5 Å². The van der Waals surface area contributed by atoms with E-state index in [1.165, 1.54) is 5.56 Å². The van der Waals surface area contributed by atoms with Gasteiger partial charge in [0.05, 0.1) is 35.9 Å². The highest BCUT2D eigenvalue weighted by molar-refractivity contribution is 6.06. The summed E-state index contributed by atoms with van der Waals surface area (Å²) < 4.78 is 7.29. The Balaban J connectivity index is 1.63. The molecule has 0 radical (unpaired) electrons. The van der Waals surface area contributed by atoms with E-state index in [-0.39, 0.29) is 17.9 Å². The Labute approximate surface area is 183 Å². The van der Waals surface area contributed by atoms with Crippen LogP contribution >= 0.6 is 0 Å². The van der Waals surface area contributed by atoms with Crippen molar-refractivity contribution in [1.29, 1.82) is 0 Å². The summed E-state index contributed by atoms with van der Waals surface area (Å²) in [5, 5.41) is 8.53. The van der Waals surface area contributed by atoms with Crippen molar-refractivity contribution >= 4 is 16.9 Å². The van der Waals surface area contributed by atoms with E-state index in [0.717, 1.165) is 48.7 Å². The second-order valence-corrected chi connectivity index (χ2v) is 8.44. The molecule has 1 atom stereocenters. The number of hydrogen-bond donors (Lipinski definition) is 1. The zero-order chi connectivity index (χ0) is 22.0. The third kappa shape index (κ3) is 4.48. The molecular formula is C24H31N5O2. The molecule has 0 spiro atoms. The molecule has 1 fully saturated rings. The van der Waals surface area contributed by atoms with Crippen LogP contribution < -0.4 is 5.32 Å². The molecule has 164 valence electrons. The van der Waals surface area contributed by atoms with Crippen LogP contribution in [0.2, 0.25) is 0 Å². The number of rotatable bonds is 6. The molecule has 1 N–H and O–H groups in total. The van der Waals surface area contributed by atoms with E-state index in [2.05, 4.69) is 41.3 Å². The van der Waals surface area contributed by atoms with Crippen molar-refractivity contribution in [3.8, 4) is 0 Å². The van der Waals surface area contributed by atoms with Gasteiger partial charge in [-0.3, -0.25) is 14.4 Å². The van der Waals surface area contributed by atoms with Crippen molar-refractivity contribution in [2.24, 2.45) is 7.05 Å². The van der Waals surface area contributed by atoms with Crippen LogP contribution in [0.15, 0.2) is 36.4 Å². The monoisotopic (exact) mass is 421 g/mol. The van der Waals surface area contributed by atoms with Crippen molar-refractivity contribution < 1.29 is 9.53 Å². The van der Waals surface area contributed by atoms with Crippen molar-refractivity contribution in [2.45, 2.75) is 32.7 Å². The summed E-state index contributed by atoms with van der Waals surface area (Å²) in [6.45, 7) is 9.78. The van der Waals surface area contributed by atoms with Crippen LogP contribution in [0, 0.1) is 6.92 Å². The molecule has 1 aliphatic rings. The maximum Gasteiger partial charge on any atom is 0.252 e. The lowest BCUT2D eigenvalue weighted by atomic mass is 10.0. The summed E-state index contributed by atoms with van der Waals surface area (Å²) in [5.41, 5.74) is 4.31. The Morgan fingerprint density at radius 1 is 1.19 bits per heavy atom. The van der Waals surface area contributed by atoms with Gasteiger partial charge in [0.2, 0.25) is 0 Å². The summed E-state index contributed by atoms with van der Waals surface area (Å²) in [6, 6.07) is 12.4. The van der Waals surface area contributed by atoms with Crippen molar-refractivity contribution in [3.05, 3.63) is 58.9 Å². The van der Waals surface area contributed by atoms with Gasteiger partial charge in [-0.1, -0.05) is 44.2 Å². The van der Waals surface area contributed by atoms with Crippen LogP contribution in [-0.4, -0.2) is 58.4 Å². The summed E-state index contributed by atoms with van der Waals surface area (Å²) in [5.74, 6) is 0.135. The van der Waals surface area contributed by atoms with Gasteiger partial charge in [0, 0.05) is 32.4 Å². The van der Waals surface area contributed by atoms with Gasteiger partial charge in [0.15, 0.2) is 5.65 Å². The van der Waals surface area contributed by atoms with E-state index >= 15 is 0 Å². The number of aryl methyl sites for hydroxylation is 2. The second-order valence-electron chi connectivity index (χ2n) is 8.44. The maximum atomic E-state index is 13.4. The zero-order valence-electron chi connectivity index (χ0n) is 18.8. The molecule has 0 aliphatic carbocycles. The number of morpholine rings is 1. The van der Waals surface area contributed by atoms with Crippen LogP contribution in [0.1, 0.15) is 53.1 Å². The summed E-state index contributed by atoms with van der Waals surface area (Å²) in [6.07, 6.45) is 0. The van der Waals surface area contributed by atoms with Gasteiger partial charge >= 0.3 is 0 Å². The predicted octanol–water partition coefficient (Wildman–Crippen LogP) is 3.20. The van der Waals surface area contributed by atoms with Gasteiger partial charge < -0.3 is 10.1 Å². The first kappa shape index (κ1) is 21.5. The fourth-order valence-electron chi connectivity index (χ4n) is 4.25. The number of hydrogen-bond acceptors (Lipinski definition) is 5. The number of carbonyl (C=O) groups excluding carboxylic acids is 1. The lowest BCUT2D eigenvalue weighted by Gasteiger charge is -2.35. The van der Waals surface area contributed by atoms with E-state index < -0.39 is 0 Å². The first-order chi connectivity index (χ1) is 15.0. The van der Waals surface area contributed by atoms with Crippen LogP contribution in [0.4, 0.5) is 0 Å². The first-order valence-electron chi connectivity index (χ1n) is 10.9. The summed E-state index contributed by atoms with van der Waals surface area (Å²) in [4.78, 5) is 20.5. The quantitative estimate of drug-likeness (QED) is 0.662. The van der Waals surface area contributed by atoms with Gasteiger partial charge in [-0.15, -0.1) is 0 Å². The minimum Gasteiger partial charge on any atom is -0.379 e. The van der Waals surface area contributed by atoms with E-state index in [1.54, 1.807) is 4.68 Å². The number of fused-ring (bicyclic) bond motifs is 1. The van der Waals surface area contributed by atoms with Crippen LogP contribution in [0.3, 0.4) is 0 Å². The van der Waals surface area contributed by atoms with Gasteiger partial charge in [0.25, 0.3) is 5.91 Å². The molecule has 4 rings (SSSR count). The molecule has 1 aromatic carbocycles. The molecule has 3 heterocycles. The molecule has 1 aliphatic heterocycles. The molecular weight excluding hydrogens is 390 g/mol. The minimum absolute atomic E-state index is 0.0837. The molecule has 1 amide bonds. The van der Waals surface area contributed by atoms with E-state index in [1.807, 2.05) is 38.2 Å². The molecule has 7 nitrogen and oxygen atoms in total. The topological polar surface area (TPSA) is 72.3 Å². The van der Waals surface area contributed by atoms with E-state index in [0.29, 0.717) is 12.1 Å². The van der Waals surface area contributed by atoms with Crippen LogP contribution in [0.25, 0.3) is 11.0 Å². The summed E-state index contributed by atoms with van der Waals surface area (Å²) >= 11 is 0. The predicted molar refractivity (Wildman–Crippen MR) is 121 cm³/mol. The van der Waals surface area contributed by atoms with Gasteiger partial charge in [0.1, 0.15) is 0 Å². The lowest BCUT2D eigenvalue weighted by Crippen LogP contribution is -2.43. The molecule has 1 saturated heterocycles. The number of aromatic nitrogens is 3. The Hall–Kier alpha value is -2.77. The second kappa shape index (κ2) is 9.16. The number of nitrogens with one attached hydrogen (secondary N) is 1.